The first-order chi connectivity index (χ1) is 4.33. The summed E-state index contributed by atoms with van der Waals surface area (Å²) in [5.74, 6) is 0. The van der Waals surface area contributed by atoms with E-state index in [-0.39, 0.29) is 0 Å². The molecule has 0 aliphatic carbocycles. The zero-order chi connectivity index (χ0) is 6.69. The predicted octanol–water partition coefficient (Wildman–Crippen LogP) is 2.82. The first-order valence-corrected chi connectivity index (χ1v) is 4.38. The molecule has 0 N–H and O–H groups in total. The van der Waals surface area contributed by atoms with Gasteiger partial charge >= 0.3 is 0 Å². The molecule has 0 radical (unpaired) electrons. The molecule has 0 fully saturated rings. The van der Waals surface area contributed by atoms with Gasteiger partial charge in [0.05, 0.1) is 0 Å². The van der Waals surface area contributed by atoms with Gasteiger partial charge in [0, 0.05) is 4.47 Å². The highest BCUT2D eigenvalue weighted by atomic mass is 79.9. The minimum atomic E-state index is 1.03. The molecule has 0 aliphatic heterocycles. The van der Waals surface area contributed by atoms with Crippen LogP contribution in [0, 0.1) is 0 Å². The van der Waals surface area contributed by atoms with Gasteiger partial charge in [-0.1, -0.05) is 28.1 Å². The molecule has 0 nitrogen and oxygen atoms in total. The van der Waals surface area contributed by atoms with E-state index in [0.29, 0.717) is 0 Å². The number of rotatable bonds is 1. The summed E-state index contributed by atoms with van der Waals surface area (Å²) in [6.07, 6.45) is 1.03. The monoisotopic (exact) mass is 202 g/mol. The molecule has 0 saturated heterocycles. The van der Waals surface area contributed by atoms with Gasteiger partial charge in [0.1, 0.15) is 0 Å². The van der Waals surface area contributed by atoms with Crippen LogP contribution in [0.2, 0.25) is 0 Å². The van der Waals surface area contributed by atoms with Crippen LogP contribution >= 0.6 is 25.2 Å². The second-order valence-corrected chi connectivity index (χ2v) is 3.16. The minimum absolute atomic E-state index is 1.03. The number of hydrogen-bond donors (Lipinski definition) is 0. The summed E-state index contributed by atoms with van der Waals surface area (Å²) in [4.78, 5) is 0. The molecular formula is C7H8BrP. The quantitative estimate of drug-likeness (QED) is 0.615. The fourth-order valence-electron chi connectivity index (χ4n) is 0.664. The zero-order valence-corrected chi connectivity index (χ0v) is 7.71. The van der Waals surface area contributed by atoms with Gasteiger partial charge in [0.25, 0.3) is 0 Å². The Morgan fingerprint density at radius 3 is 2.67 bits per heavy atom. The van der Waals surface area contributed by atoms with Crippen LogP contribution in [0.3, 0.4) is 0 Å². The van der Waals surface area contributed by atoms with Crippen molar-refractivity contribution < 1.29 is 0 Å². The summed E-state index contributed by atoms with van der Waals surface area (Å²) in [6.45, 7) is 0. The highest BCUT2D eigenvalue weighted by molar-refractivity contribution is 9.10. The van der Waals surface area contributed by atoms with Crippen molar-refractivity contribution in [3.05, 3.63) is 34.3 Å². The lowest BCUT2D eigenvalue weighted by Gasteiger charge is -1.93. The molecular weight excluding hydrogens is 195 g/mol. The second kappa shape index (κ2) is 3.34. The summed E-state index contributed by atoms with van der Waals surface area (Å²) in [6, 6.07) is 8.30. The van der Waals surface area contributed by atoms with Crippen molar-refractivity contribution in [2.45, 2.75) is 6.16 Å². The fraction of sp³-hybridized carbons (Fsp3) is 0.143. The summed E-state index contributed by atoms with van der Waals surface area (Å²) in [7, 11) is 2.70. The minimum Gasteiger partial charge on any atom is -0.133 e. The van der Waals surface area contributed by atoms with Crippen LogP contribution < -0.4 is 0 Å². The Kier molecular flexibility index (Phi) is 2.68. The van der Waals surface area contributed by atoms with E-state index < -0.39 is 0 Å². The Morgan fingerprint density at radius 1 is 1.44 bits per heavy atom. The third-order valence-corrected chi connectivity index (χ3v) is 2.09. The van der Waals surface area contributed by atoms with E-state index in [1.165, 1.54) is 5.56 Å². The molecule has 0 aliphatic rings. The average Bonchev–Trinajstić information content (AvgIpc) is 1.88. The Balaban J connectivity index is 2.94. The average molecular weight is 203 g/mol. The Bertz CT molecular complexity index is 198. The fourth-order valence-corrected chi connectivity index (χ4v) is 1.36. The van der Waals surface area contributed by atoms with E-state index in [1.54, 1.807) is 0 Å². The van der Waals surface area contributed by atoms with Crippen LogP contribution in [0.1, 0.15) is 5.56 Å². The molecule has 1 aromatic rings. The van der Waals surface area contributed by atoms with Crippen molar-refractivity contribution >= 4 is 25.2 Å². The van der Waals surface area contributed by atoms with Gasteiger partial charge in [-0.05, 0) is 23.9 Å². The van der Waals surface area contributed by atoms with E-state index in [2.05, 4.69) is 37.3 Å². The second-order valence-electron chi connectivity index (χ2n) is 1.83. The van der Waals surface area contributed by atoms with Crippen LogP contribution in [-0.2, 0) is 6.16 Å². The molecule has 0 amide bonds. The third kappa shape index (κ3) is 2.08. The zero-order valence-electron chi connectivity index (χ0n) is 4.97. The molecule has 1 aromatic carbocycles. The van der Waals surface area contributed by atoms with Gasteiger partial charge in [-0.2, -0.15) is 0 Å². The lowest BCUT2D eigenvalue weighted by Crippen LogP contribution is -1.73. The van der Waals surface area contributed by atoms with Crippen molar-refractivity contribution in [3.63, 3.8) is 0 Å². The molecule has 0 spiro atoms. The smallest absolute Gasteiger partial charge is 0.0178 e. The molecule has 1 atom stereocenters. The molecule has 9 heavy (non-hydrogen) atoms. The van der Waals surface area contributed by atoms with E-state index in [4.69, 9.17) is 0 Å². The van der Waals surface area contributed by atoms with Gasteiger partial charge in [0.2, 0.25) is 0 Å². The van der Waals surface area contributed by atoms with E-state index in [9.17, 15) is 0 Å². The Labute approximate surface area is 66.0 Å². The molecule has 0 heterocycles. The van der Waals surface area contributed by atoms with Crippen LogP contribution in [-0.4, -0.2) is 0 Å². The van der Waals surface area contributed by atoms with Gasteiger partial charge < -0.3 is 0 Å². The normalized spacial score (nSPS) is 9.56. The van der Waals surface area contributed by atoms with E-state index in [0.717, 1.165) is 10.6 Å². The topological polar surface area (TPSA) is 0 Å². The third-order valence-electron chi connectivity index (χ3n) is 1.12. The molecule has 0 bridgehead atoms. The largest absolute Gasteiger partial charge is 0.133 e. The molecule has 0 aromatic heterocycles. The maximum atomic E-state index is 3.39. The number of hydrogen-bond acceptors (Lipinski definition) is 0. The summed E-state index contributed by atoms with van der Waals surface area (Å²) >= 11 is 3.39. The van der Waals surface area contributed by atoms with Gasteiger partial charge in [-0.25, -0.2) is 0 Å². The maximum Gasteiger partial charge on any atom is 0.0178 e. The molecule has 1 unspecified atom stereocenters. The lowest BCUT2D eigenvalue weighted by molar-refractivity contribution is 1.40. The summed E-state index contributed by atoms with van der Waals surface area (Å²) < 4.78 is 1.16. The first-order valence-electron chi connectivity index (χ1n) is 2.77. The van der Waals surface area contributed by atoms with Crippen LogP contribution in [0.4, 0.5) is 0 Å². The summed E-state index contributed by atoms with van der Waals surface area (Å²) in [5.41, 5.74) is 1.34. The van der Waals surface area contributed by atoms with E-state index in [1.807, 2.05) is 12.1 Å². The first kappa shape index (κ1) is 7.24. The van der Waals surface area contributed by atoms with Crippen LogP contribution in [0.15, 0.2) is 28.7 Å². The summed E-state index contributed by atoms with van der Waals surface area (Å²) in [5, 5.41) is 0. The van der Waals surface area contributed by atoms with Crippen LogP contribution in [0.25, 0.3) is 0 Å². The van der Waals surface area contributed by atoms with Gasteiger partial charge in [-0.3, -0.25) is 0 Å². The lowest BCUT2D eigenvalue weighted by atomic mass is 10.2. The Morgan fingerprint density at radius 2 is 2.22 bits per heavy atom. The van der Waals surface area contributed by atoms with E-state index >= 15 is 0 Å². The van der Waals surface area contributed by atoms with Crippen molar-refractivity contribution in [2.75, 3.05) is 0 Å². The SMILES string of the molecule is PCc1cccc(Br)c1. The highest BCUT2D eigenvalue weighted by Gasteiger charge is 1.87. The number of halogens is 1. The number of benzene rings is 1. The molecule has 1 rings (SSSR count). The van der Waals surface area contributed by atoms with Crippen LogP contribution in [0.5, 0.6) is 0 Å². The van der Waals surface area contributed by atoms with Crippen molar-refractivity contribution in [2.24, 2.45) is 0 Å². The van der Waals surface area contributed by atoms with Crippen molar-refractivity contribution in [1.82, 2.24) is 0 Å². The Hall–Kier alpha value is 0.130. The molecule has 48 valence electrons. The highest BCUT2D eigenvalue weighted by Crippen LogP contribution is 2.13. The molecule has 0 saturated carbocycles. The van der Waals surface area contributed by atoms with Crippen molar-refractivity contribution in [1.29, 1.82) is 0 Å². The standard InChI is InChI=1S/C7H8BrP/c8-7-3-1-2-6(4-7)5-9/h1-4H,5,9H2. The predicted molar refractivity (Wildman–Crippen MR) is 47.6 cm³/mol. The van der Waals surface area contributed by atoms with Gasteiger partial charge in [0.15, 0.2) is 0 Å². The molecule has 2 heteroatoms. The maximum absolute atomic E-state index is 3.39. The van der Waals surface area contributed by atoms with Gasteiger partial charge in [-0.15, -0.1) is 9.24 Å². The van der Waals surface area contributed by atoms with Crippen molar-refractivity contribution in [3.8, 4) is 0 Å².